The van der Waals surface area contributed by atoms with Crippen LogP contribution >= 0.6 is 11.8 Å². The average Bonchev–Trinajstić information content (AvgIpc) is 2.98. The van der Waals surface area contributed by atoms with Gasteiger partial charge >= 0.3 is 6.18 Å². The van der Waals surface area contributed by atoms with E-state index in [0.717, 1.165) is 23.4 Å². The molecule has 25 heavy (non-hydrogen) atoms. The maximum absolute atomic E-state index is 12.6. The quantitative estimate of drug-likeness (QED) is 0.646. The molecule has 0 saturated heterocycles. The number of hydrogen-bond acceptors (Lipinski definition) is 6. The van der Waals surface area contributed by atoms with Crippen LogP contribution in [0.3, 0.4) is 0 Å². The van der Waals surface area contributed by atoms with E-state index < -0.39 is 11.9 Å². The summed E-state index contributed by atoms with van der Waals surface area (Å²) in [7, 11) is 0. The lowest BCUT2D eigenvalue weighted by atomic mass is 10.2. The molecule has 0 unspecified atom stereocenters. The third-order valence-corrected chi connectivity index (χ3v) is 4.00. The third kappa shape index (κ3) is 3.85. The van der Waals surface area contributed by atoms with E-state index in [1.54, 1.807) is 35.2 Å². The van der Waals surface area contributed by atoms with Crippen molar-refractivity contribution in [3.8, 4) is 11.4 Å². The first-order valence-electron chi connectivity index (χ1n) is 7.02. The highest BCUT2D eigenvalue weighted by atomic mass is 32.2. The van der Waals surface area contributed by atoms with E-state index in [2.05, 4.69) is 32.0 Å². The van der Waals surface area contributed by atoms with Crippen LogP contribution in [0.1, 0.15) is 5.69 Å². The molecular formula is C15H11F3N6S. The SMILES string of the molecule is C=CCn1c(Sc2ccc(C(F)(F)F)nn2)nnc1-c1ccncc1. The predicted octanol–water partition coefficient (Wildman–Crippen LogP) is 3.49. The zero-order chi connectivity index (χ0) is 17.9. The standard InChI is InChI=1S/C15H11F3N6S/c1-2-9-24-13(10-5-7-19-8-6-10)22-23-14(24)25-12-4-3-11(20-21-12)15(16,17)18/h2-8H,1,9H2. The Hall–Kier alpha value is -2.75. The van der Waals surface area contributed by atoms with Crippen LogP contribution in [0.4, 0.5) is 13.2 Å². The summed E-state index contributed by atoms with van der Waals surface area (Å²) in [6.45, 7) is 4.14. The van der Waals surface area contributed by atoms with Gasteiger partial charge in [0.25, 0.3) is 0 Å². The van der Waals surface area contributed by atoms with E-state index >= 15 is 0 Å². The molecule has 6 nitrogen and oxygen atoms in total. The second-order valence-electron chi connectivity index (χ2n) is 4.80. The minimum absolute atomic E-state index is 0.284. The fourth-order valence-corrected chi connectivity index (χ4v) is 2.75. The second-order valence-corrected chi connectivity index (χ2v) is 5.79. The Morgan fingerprint density at radius 1 is 1.04 bits per heavy atom. The Morgan fingerprint density at radius 2 is 1.80 bits per heavy atom. The smallest absolute Gasteiger partial charge is 0.298 e. The molecule has 0 saturated carbocycles. The van der Waals surface area contributed by atoms with Gasteiger partial charge in [0.1, 0.15) is 5.03 Å². The Kier molecular flexibility index (Phi) is 4.79. The molecule has 0 spiro atoms. The Morgan fingerprint density at radius 3 is 2.40 bits per heavy atom. The molecule has 0 aromatic carbocycles. The first kappa shape index (κ1) is 17.1. The maximum Gasteiger partial charge on any atom is 0.435 e. The first-order valence-corrected chi connectivity index (χ1v) is 7.84. The molecule has 3 aromatic heterocycles. The van der Waals surface area contributed by atoms with E-state index in [9.17, 15) is 13.2 Å². The van der Waals surface area contributed by atoms with E-state index in [-0.39, 0.29) is 5.03 Å². The number of hydrogen-bond donors (Lipinski definition) is 0. The fraction of sp³-hybridized carbons (Fsp3) is 0.133. The Balaban J connectivity index is 1.90. The summed E-state index contributed by atoms with van der Waals surface area (Å²) in [6, 6.07) is 5.71. The van der Waals surface area contributed by atoms with Crippen LogP contribution in [-0.2, 0) is 12.7 Å². The van der Waals surface area contributed by atoms with Gasteiger partial charge in [0, 0.05) is 24.5 Å². The zero-order valence-electron chi connectivity index (χ0n) is 12.7. The van der Waals surface area contributed by atoms with Crippen molar-refractivity contribution in [3.63, 3.8) is 0 Å². The molecule has 3 rings (SSSR count). The van der Waals surface area contributed by atoms with E-state index in [0.29, 0.717) is 17.5 Å². The Bertz CT molecular complexity index is 861. The van der Waals surface area contributed by atoms with Crippen LogP contribution < -0.4 is 0 Å². The van der Waals surface area contributed by atoms with Crippen molar-refractivity contribution in [1.82, 2.24) is 29.9 Å². The number of allylic oxidation sites excluding steroid dienone is 1. The normalized spacial score (nSPS) is 11.5. The van der Waals surface area contributed by atoms with Gasteiger partial charge in [-0.2, -0.15) is 13.2 Å². The summed E-state index contributed by atoms with van der Waals surface area (Å²) in [5, 5.41) is 15.8. The van der Waals surface area contributed by atoms with Crippen molar-refractivity contribution in [3.05, 3.63) is 55.0 Å². The molecule has 0 amide bonds. The molecule has 3 heterocycles. The molecule has 0 aliphatic rings. The average molecular weight is 364 g/mol. The second kappa shape index (κ2) is 7.01. The summed E-state index contributed by atoms with van der Waals surface area (Å²) in [5.74, 6) is 0.602. The van der Waals surface area contributed by atoms with Gasteiger partial charge in [-0.05, 0) is 36.0 Å². The van der Waals surface area contributed by atoms with Gasteiger partial charge in [0.15, 0.2) is 16.7 Å². The number of alkyl halides is 3. The number of halogens is 3. The summed E-state index contributed by atoms with van der Waals surface area (Å²) in [5.41, 5.74) is -0.225. The number of nitrogens with zero attached hydrogens (tertiary/aromatic N) is 6. The van der Waals surface area contributed by atoms with Crippen LogP contribution in [0.5, 0.6) is 0 Å². The van der Waals surface area contributed by atoms with Crippen LogP contribution in [0.2, 0.25) is 0 Å². The van der Waals surface area contributed by atoms with Crippen molar-refractivity contribution in [2.75, 3.05) is 0 Å². The van der Waals surface area contributed by atoms with E-state index in [1.807, 2.05) is 0 Å². The van der Waals surface area contributed by atoms with Gasteiger partial charge in [-0.1, -0.05) is 6.08 Å². The molecule has 3 aromatic rings. The van der Waals surface area contributed by atoms with Crippen LogP contribution in [-0.4, -0.2) is 29.9 Å². The summed E-state index contributed by atoms with van der Waals surface area (Å²) >= 11 is 1.07. The van der Waals surface area contributed by atoms with Gasteiger partial charge in [-0.25, -0.2) is 0 Å². The highest BCUT2D eigenvalue weighted by molar-refractivity contribution is 7.99. The van der Waals surface area contributed by atoms with Gasteiger partial charge < -0.3 is 0 Å². The lowest BCUT2D eigenvalue weighted by molar-refractivity contribution is -0.141. The fourth-order valence-electron chi connectivity index (χ4n) is 1.99. The number of rotatable bonds is 5. The molecular weight excluding hydrogens is 353 g/mol. The van der Waals surface area contributed by atoms with Crippen molar-refractivity contribution < 1.29 is 13.2 Å². The molecule has 10 heteroatoms. The van der Waals surface area contributed by atoms with Crippen molar-refractivity contribution >= 4 is 11.8 Å². The van der Waals surface area contributed by atoms with Gasteiger partial charge in [0.2, 0.25) is 0 Å². The highest BCUT2D eigenvalue weighted by Crippen LogP contribution is 2.30. The van der Waals surface area contributed by atoms with Gasteiger partial charge in [0.05, 0.1) is 0 Å². The highest BCUT2D eigenvalue weighted by Gasteiger charge is 2.33. The van der Waals surface area contributed by atoms with Crippen LogP contribution in [0.25, 0.3) is 11.4 Å². The molecule has 0 aliphatic heterocycles. The first-order chi connectivity index (χ1) is 12.0. The van der Waals surface area contributed by atoms with Crippen molar-refractivity contribution in [2.45, 2.75) is 22.9 Å². The minimum Gasteiger partial charge on any atom is -0.298 e. The summed E-state index contributed by atoms with van der Waals surface area (Å²) < 4.78 is 39.4. The monoisotopic (exact) mass is 364 g/mol. The van der Waals surface area contributed by atoms with Crippen molar-refractivity contribution in [1.29, 1.82) is 0 Å². The molecule has 0 atom stereocenters. The third-order valence-electron chi connectivity index (χ3n) is 3.09. The molecule has 0 bridgehead atoms. The lowest BCUT2D eigenvalue weighted by Gasteiger charge is -2.08. The molecule has 0 fully saturated rings. The zero-order valence-corrected chi connectivity index (χ0v) is 13.5. The lowest BCUT2D eigenvalue weighted by Crippen LogP contribution is -2.09. The van der Waals surface area contributed by atoms with Crippen molar-refractivity contribution in [2.24, 2.45) is 0 Å². The van der Waals surface area contributed by atoms with E-state index in [1.165, 1.54) is 6.07 Å². The van der Waals surface area contributed by atoms with Crippen LogP contribution in [0.15, 0.2) is 59.5 Å². The van der Waals surface area contributed by atoms with Crippen LogP contribution in [0, 0.1) is 0 Å². The predicted molar refractivity (Wildman–Crippen MR) is 84.6 cm³/mol. The largest absolute Gasteiger partial charge is 0.435 e. The molecule has 128 valence electrons. The van der Waals surface area contributed by atoms with Gasteiger partial charge in [-0.15, -0.1) is 27.0 Å². The minimum atomic E-state index is -4.52. The summed E-state index contributed by atoms with van der Waals surface area (Å²) in [4.78, 5) is 3.96. The molecule has 0 aliphatic carbocycles. The topological polar surface area (TPSA) is 69.4 Å². The van der Waals surface area contributed by atoms with Gasteiger partial charge in [-0.3, -0.25) is 9.55 Å². The Labute approximate surface area is 144 Å². The molecule has 0 radical (unpaired) electrons. The molecule has 0 N–H and O–H groups in total. The van der Waals surface area contributed by atoms with E-state index in [4.69, 9.17) is 0 Å². The summed E-state index contributed by atoms with van der Waals surface area (Å²) in [6.07, 6.45) is 0.428. The number of aromatic nitrogens is 6. The maximum atomic E-state index is 12.6. The number of pyridine rings is 1.